The van der Waals surface area contributed by atoms with Crippen molar-refractivity contribution in [3.05, 3.63) is 59.5 Å². The molecule has 0 saturated carbocycles. The van der Waals surface area contributed by atoms with Crippen molar-refractivity contribution in [1.82, 2.24) is 14.7 Å². The topological polar surface area (TPSA) is 66.0 Å². The van der Waals surface area contributed by atoms with Gasteiger partial charge < -0.3 is 20.0 Å². The molecule has 1 aromatic heterocycles. The molecule has 0 aliphatic carbocycles. The van der Waals surface area contributed by atoms with Crippen LogP contribution in [0, 0.1) is 0 Å². The summed E-state index contributed by atoms with van der Waals surface area (Å²) in [7, 11) is 3.97. The number of hydrogen-bond donors (Lipinski definition) is 1. The second-order valence-corrected chi connectivity index (χ2v) is 8.04. The van der Waals surface area contributed by atoms with E-state index in [0.29, 0.717) is 29.4 Å². The molecule has 156 valence electrons. The van der Waals surface area contributed by atoms with Crippen molar-refractivity contribution in [1.29, 1.82) is 0 Å². The molecule has 3 rings (SSSR count). The van der Waals surface area contributed by atoms with Crippen LogP contribution in [0.4, 0.5) is 4.79 Å². The molecule has 2 aromatic rings. The summed E-state index contributed by atoms with van der Waals surface area (Å²) in [4.78, 5) is 18.6. The summed E-state index contributed by atoms with van der Waals surface area (Å²) in [5.41, 5.74) is 7.95. The van der Waals surface area contributed by atoms with E-state index in [2.05, 4.69) is 11.5 Å². The molecule has 2 amide bonds. The number of carbonyl (C=O) groups is 1. The van der Waals surface area contributed by atoms with Crippen LogP contribution in [0.3, 0.4) is 0 Å². The van der Waals surface area contributed by atoms with Gasteiger partial charge >= 0.3 is 6.03 Å². The van der Waals surface area contributed by atoms with Crippen LogP contribution in [-0.2, 0) is 0 Å². The Labute approximate surface area is 177 Å². The molecule has 0 bridgehead atoms. The van der Waals surface area contributed by atoms with E-state index < -0.39 is 6.17 Å². The number of furan rings is 1. The van der Waals surface area contributed by atoms with E-state index in [-0.39, 0.29) is 12.1 Å². The van der Waals surface area contributed by atoms with E-state index in [1.807, 2.05) is 57.4 Å². The first kappa shape index (κ1) is 21.4. The highest BCUT2D eigenvalue weighted by Crippen LogP contribution is 2.40. The van der Waals surface area contributed by atoms with Gasteiger partial charge in [0, 0.05) is 29.4 Å². The molecule has 6 nitrogen and oxygen atoms in total. The largest absolute Gasteiger partial charge is 0.458 e. The van der Waals surface area contributed by atoms with Crippen molar-refractivity contribution in [2.24, 2.45) is 5.73 Å². The third-order valence-corrected chi connectivity index (χ3v) is 5.33. The van der Waals surface area contributed by atoms with Crippen LogP contribution in [0.25, 0.3) is 11.3 Å². The van der Waals surface area contributed by atoms with Gasteiger partial charge in [0.2, 0.25) is 0 Å². The van der Waals surface area contributed by atoms with Gasteiger partial charge in [0.15, 0.2) is 0 Å². The van der Waals surface area contributed by atoms with Crippen LogP contribution >= 0.6 is 11.6 Å². The van der Waals surface area contributed by atoms with E-state index in [4.69, 9.17) is 21.8 Å². The molecule has 2 unspecified atom stereocenters. The zero-order chi connectivity index (χ0) is 21.1. The molecule has 7 heteroatoms. The van der Waals surface area contributed by atoms with Gasteiger partial charge in [-0.05, 0) is 63.3 Å². The van der Waals surface area contributed by atoms with Gasteiger partial charge in [-0.15, -0.1) is 0 Å². The molecule has 0 radical (unpaired) electrons. The Morgan fingerprint density at radius 1 is 1.24 bits per heavy atom. The maximum Gasteiger partial charge on any atom is 0.326 e. The Hall–Kier alpha value is -2.28. The zero-order valence-electron chi connectivity index (χ0n) is 17.3. The van der Waals surface area contributed by atoms with E-state index in [0.717, 1.165) is 24.3 Å². The summed E-state index contributed by atoms with van der Waals surface area (Å²) in [5, 5.41) is 0.673. The van der Waals surface area contributed by atoms with Gasteiger partial charge in [-0.2, -0.15) is 0 Å². The number of urea groups is 1. The molecule has 2 N–H and O–H groups in total. The summed E-state index contributed by atoms with van der Waals surface area (Å²) >= 11 is 5.98. The molecule has 1 aromatic carbocycles. The quantitative estimate of drug-likeness (QED) is 0.686. The zero-order valence-corrected chi connectivity index (χ0v) is 18.0. The molecule has 1 aliphatic rings. The molecular formula is C22H29ClN4O2. The van der Waals surface area contributed by atoms with Gasteiger partial charge in [-0.1, -0.05) is 25.1 Å². The monoisotopic (exact) mass is 416 g/mol. The average molecular weight is 417 g/mol. The summed E-state index contributed by atoms with van der Waals surface area (Å²) in [6, 6.07) is 10.8. The number of rotatable bonds is 8. The minimum atomic E-state index is -0.424. The highest BCUT2D eigenvalue weighted by Gasteiger charge is 2.44. The standard InChI is InChI=1S/C22H29ClN4O2/c1-5-13-26-21(15(2)27(22(26)28)20(24)12-14-25(3)4)19-11-10-18(29-19)16-6-8-17(23)9-7-16/h6-11,20-21H,2,5,12-14,24H2,1,3-4H3. The number of amides is 2. The van der Waals surface area contributed by atoms with Crippen LogP contribution in [0.2, 0.25) is 5.02 Å². The molecule has 1 saturated heterocycles. The minimum absolute atomic E-state index is 0.113. The second kappa shape index (κ2) is 9.03. The molecule has 0 spiro atoms. The van der Waals surface area contributed by atoms with E-state index in [9.17, 15) is 4.79 Å². The first-order valence-electron chi connectivity index (χ1n) is 9.88. The summed E-state index contributed by atoms with van der Waals surface area (Å²) in [5.74, 6) is 1.41. The van der Waals surface area contributed by atoms with Crippen LogP contribution in [-0.4, -0.2) is 54.1 Å². The number of benzene rings is 1. The first-order valence-corrected chi connectivity index (χ1v) is 10.3. The number of hydrogen-bond acceptors (Lipinski definition) is 4. The van der Waals surface area contributed by atoms with E-state index in [1.165, 1.54) is 0 Å². The smallest absolute Gasteiger partial charge is 0.326 e. The lowest BCUT2D eigenvalue weighted by atomic mass is 10.1. The predicted molar refractivity (Wildman–Crippen MR) is 116 cm³/mol. The molecule has 1 fully saturated rings. The van der Waals surface area contributed by atoms with Gasteiger partial charge in [-0.3, -0.25) is 4.90 Å². The van der Waals surface area contributed by atoms with Crippen molar-refractivity contribution in [2.75, 3.05) is 27.2 Å². The highest BCUT2D eigenvalue weighted by molar-refractivity contribution is 6.30. The summed E-state index contributed by atoms with van der Waals surface area (Å²) < 4.78 is 6.14. The van der Waals surface area contributed by atoms with Gasteiger partial charge in [0.25, 0.3) is 0 Å². The van der Waals surface area contributed by atoms with Crippen molar-refractivity contribution >= 4 is 17.6 Å². The fourth-order valence-corrected chi connectivity index (χ4v) is 3.74. The Morgan fingerprint density at radius 3 is 2.55 bits per heavy atom. The number of nitrogens with zero attached hydrogens (tertiary/aromatic N) is 3. The average Bonchev–Trinajstić information content (AvgIpc) is 3.24. The lowest BCUT2D eigenvalue weighted by Gasteiger charge is -2.25. The van der Waals surface area contributed by atoms with Crippen molar-refractivity contribution in [2.45, 2.75) is 32.0 Å². The van der Waals surface area contributed by atoms with Crippen LogP contribution < -0.4 is 5.73 Å². The summed E-state index contributed by atoms with van der Waals surface area (Å²) in [6.07, 6.45) is 1.08. The Bertz CT molecular complexity index is 862. The molecule has 29 heavy (non-hydrogen) atoms. The second-order valence-electron chi connectivity index (χ2n) is 7.61. The minimum Gasteiger partial charge on any atom is -0.458 e. The molecule has 2 heterocycles. The van der Waals surface area contributed by atoms with Crippen LogP contribution in [0.5, 0.6) is 0 Å². The fourth-order valence-electron chi connectivity index (χ4n) is 3.61. The van der Waals surface area contributed by atoms with Crippen molar-refractivity contribution in [3.8, 4) is 11.3 Å². The van der Waals surface area contributed by atoms with Crippen LogP contribution in [0.1, 0.15) is 31.6 Å². The third-order valence-electron chi connectivity index (χ3n) is 5.08. The number of halogens is 1. The first-order chi connectivity index (χ1) is 13.8. The van der Waals surface area contributed by atoms with Gasteiger partial charge in [0.1, 0.15) is 17.6 Å². The van der Waals surface area contributed by atoms with E-state index >= 15 is 0 Å². The predicted octanol–water partition coefficient (Wildman–Crippen LogP) is 4.54. The Balaban J connectivity index is 1.87. The van der Waals surface area contributed by atoms with E-state index in [1.54, 1.807) is 9.80 Å². The van der Waals surface area contributed by atoms with Crippen LogP contribution in [0.15, 0.2) is 53.1 Å². The highest BCUT2D eigenvalue weighted by atomic mass is 35.5. The SMILES string of the molecule is C=C1C(c2ccc(-c3ccc(Cl)cc3)o2)N(CCC)C(=O)N1C(N)CCN(C)C. The van der Waals surface area contributed by atoms with Crippen molar-refractivity contribution < 1.29 is 9.21 Å². The number of nitrogens with two attached hydrogens (primary N) is 1. The van der Waals surface area contributed by atoms with Gasteiger partial charge in [0.05, 0.1) is 6.17 Å². The normalized spacial score (nSPS) is 18.2. The number of carbonyl (C=O) groups excluding carboxylic acids is 1. The molecule has 2 atom stereocenters. The fraction of sp³-hybridized carbons (Fsp3) is 0.409. The molecular weight excluding hydrogens is 388 g/mol. The Morgan fingerprint density at radius 2 is 1.93 bits per heavy atom. The van der Waals surface area contributed by atoms with Gasteiger partial charge in [-0.25, -0.2) is 4.79 Å². The maximum atomic E-state index is 13.1. The third kappa shape index (κ3) is 4.50. The lowest BCUT2D eigenvalue weighted by Crippen LogP contribution is -2.45. The molecule has 1 aliphatic heterocycles. The summed E-state index contributed by atoms with van der Waals surface area (Å²) in [6.45, 7) is 7.65. The lowest BCUT2D eigenvalue weighted by molar-refractivity contribution is 0.171. The Kier molecular flexibility index (Phi) is 6.67. The van der Waals surface area contributed by atoms with Crippen molar-refractivity contribution in [3.63, 3.8) is 0 Å². The maximum absolute atomic E-state index is 13.1.